The molecule has 176 valence electrons. The smallest absolute Gasteiger partial charge is 0.224 e. The largest absolute Gasteiger partial charge is 0.431 e. The van der Waals surface area contributed by atoms with Crippen molar-refractivity contribution in [3.8, 4) is 0 Å². The van der Waals surface area contributed by atoms with Crippen LogP contribution in [0.3, 0.4) is 0 Å². The summed E-state index contributed by atoms with van der Waals surface area (Å²) in [6.45, 7) is -0.311. The monoisotopic (exact) mass is 475 g/mol. The van der Waals surface area contributed by atoms with Gasteiger partial charge in [0.15, 0.2) is 0 Å². The van der Waals surface area contributed by atoms with Gasteiger partial charge in [0.2, 0.25) is 10.0 Å². The van der Waals surface area contributed by atoms with Crippen LogP contribution in [-0.4, -0.2) is 75.4 Å². The Labute approximate surface area is 160 Å². The molecule has 0 fully saturated rings. The van der Waals surface area contributed by atoms with Crippen LogP contribution >= 0.6 is 0 Å². The highest BCUT2D eigenvalue weighted by Crippen LogP contribution is 2.52. The maximum absolute atomic E-state index is 13.6. The van der Waals surface area contributed by atoms with E-state index in [0.29, 0.717) is 0 Å². The zero-order chi connectivity index (χ0) is 23.5. The molecule has 0 spiro atoms. The van der Waals surface area contributed by atoms with Crippen LogP contribution in [0.15, 0.2) is 0 Å². The van der Waals surface area contributed by atoms with Gasteiger partial charge in [0.25, 0.3) is 5.67 Å². The Morgan fingerprint density at radius 3 is 1.72 bits per heavy atom. The summed E-state index contributed by atoms with van der Waals surface area (Å²) in [5, 5.41) is 9.37. The van der Waals surface area contributed by atoms with Gasteiger partial charge in [0.05, 0.1) is 25.8 Å². The van der Waals surface area contributed by atoms with E-state index in [4.69, 9.17) is 0 Å². The molecule has 2 N–H and O–H groups in total. The van der Waals surface area contributed by atoms with Crippen LogP contribution < -0.4 is 4.72 Å². The molecular weight excluding hydrogens is 454 g/mol. The fourth-order valence-corrected chi connectivity index (χ4v) is 3.37. The molecule has 29 heavy (non-hydrogen) atoms. The minimum atomic E-state index is -6.68. The van der Waals surface area contributed by atoms with Crippen molar-refractivity contribution in [2.45, 2.75) is 43.5 Å². The molecule has 0 rings (SSSR count). The van der Waals surface area contributed by atoms with Crippen LogP contribution in [0, 0.1) is 5.92 Å². The lowest BCUT2D eigenvalue weighted by atomic mass is 9.88. The number of hydrogen-bond donors (Lipinski definition) is 2. The number of nitrogens with one attached hydrogen (secondary N) is 1. The van der Waals surface area contributed by atoms with Crippen LogP contribution in [0.1, 0.15) is 19.3 Å². The first-order valence-electron chi connectivity index (χ1n) is 7.94. The number of hydrogen-bond acceptors (Lipinski definition) is 3. The number of halogens is 10. The minimum absolute atomic E-state index is 0.0289. The fourth-order valence-electron chi connectivity index (χ4n) is 2.18. The molecule has 16 heteroatoms. The van der Waals surface area contributed by atoms with Crippen molar-refractivity contribution in [3.63, 3.8) is 0 Å². The maximum atomic E-state index is 13.6. The van der Waals surface area contributed by atoms with Crippen molar-refractivity contribution in [2.75, 3.05) is 32.9 Å². The molecule has 1 atom stereocenters. The Morgan fingerprint density at radius 1 is 0.931 bits per heavy atom. The second kappa shape index (κ2) is 9.09. The van der Waals surface area contributed by atoms with Gasteiger partial charge >= 0.3 is 18.5 Å². The van der Waals surface area contributed by atoms with E-state index in [-0.39, 0.29) is 19.5 Å². The van der Waals surface area contributed by atoms with Crippen LogP contribution in [0.25, 0.3) is 0 Å². The number of alkyl halides is 10. The normalized spacial score (nSPS) is 16.2. The van der Waals surface area contributed by atoms with Gasteiger partial charge in [-0.05, 0) is 6.42 Å². The average molecular weight is 475 g/mol. The molecule has 0 aromatic rings. The summed E-state index contributed by atoms with van der Waals surface area (Å²) in [4.78, 5) is 0. The van der Waals surface area contributed by atoms with E-state index in [0.717, 1.165) is 0 Å². The van der Waals surface area contributed by atoms with Gasteiger partial charge in [-0.15, -0.1) is 0 Å². The van der Waals surface area contributed by atoms with E-state index in [1.807, 2.05) is 4.72 Å². The molecule has 1 unspecified atom stereocenters. The van der Waals surface area contributed by atoms with Gasteiger partial charge < -0.3 is 0 Å². The van der Waals surface area contributed by atoms with Crippen molar-refractivity contribution in [3.05, 3.63) is 0 Å². The molecule has 0 saturated heterocycles. The number of rotatable bonds is 10. The van der Waals surface area contributed by atoms with Gasteiger partial charge in [0, 0.05) is 19.4 Å². The highest BCUT2D eigenvalue weighted by molar-refractivity contribution is 7.89. The van der Waals surface area contributed by atoms with Gasteiger partial charge in [0.1, 0.15) is 6.54 Å². The number of quaternary nitrogens is 1. The first-order chi connectivity index (χ1) is 12.5. The zero-order valence-corrected chi connectivity index (χ0v) is 16.0. The number of nitrogens with zero attached hydrogens (tertiary/aromatic N) is 1. The summed E-state index contributed by atoms with van der Waals surface area (Å²) in [5.41, 5.74) is -6.15. The van der Waals surface area contributed by atoms with Gasteiger partial charge in [-0.3, -0.25) is 0 Å². The Bertz CT molecular complexity index is 609. The Kier molecular flexibility index (Phi) is 8.82. The molecule has 0 bridgehead atoms. The minimum Gasteiger partial charge on any atom is -0.224 e. The molecule has 0 aliphatic heterocycles. The summed E-state index contributed by atoms with van der Waals surface area (Å²) in [5.74, 6) is -4.99. The Morgan fingerprint density at radius 2 is 1.38 bits per heavy atom. The molecule has 0 heterocycles. The predicted molar refractivity (Wildman–Crippen MR) is 79.9 cm³/mol. The van der Waals surface area contributed by atoms with Crippen molar-refractivity contribution < 1.29 is 62.2 Å². The summed E-state index contributed by atoms with van der Waals surface area (Å²) in [6.07, 6.45) is -23.8. The molecule has 0 radical (unpaired) electrons. The quantitative estimate of drug-likeness (QED) is 0.220. The summed E-state index contributed by atoms with van der Waals surface area (Å²) >= 11 is 0. The second-order valence-corrected chi connectivity index (χ2v) is 8.87. The SMILES string of the molecule is C[N+](C)(O)CCCNS(=O)(=O)CCC(CC(F)(C(F)(F)F)C(F)(F)F)C(F)(F)F. The molecule has 0 aromatic carbocycles. The maximum Gasteiger partial charge on any atom is 0.431 e. The molecule has 0 aliphatic rings. The lowest BCUT2D eigenvalue weighted by Crippen LogP contribution is -2.55. The third-order valence-electron chi connectivity index (χ3n) is 3.83. The predicted octanol–water partition coefficient (Wildman–Crippen LogP) is 3.55. The van der Waals surface area contributed by atoms with Crippen molar-refractivity contribution >= 4 is 10.0 Å². The molecule has 5 nitrogen and oxygen atoms in total. The van der Waals surface area contributed by atoms with Crippen LogP contribution in [0.5, 0.6) is 0 Å². The standard InChI is InChI=1S/C13H21F10N2O3S/c1-25(2,26)6-3-5-24-29(27,28)7-4-9(11(15,16)17)8-10(14,12(18,19)20)13(21,22)23/h9,24,26H,3-8H2,1-2H3/q+1. The van der Waals surface area contributed by atoms with Crippen molar-refractivity contribution in [1.82, 2.24) is 4.72 Å². The zero-order valence-electron chi connectivity index (χ0n) is 15.2. The van der Waals surface area contributed by atoms with E-state index in [2.05, 4.69) is 0 Å². The Balaban J connectivity index is 5.25. The summed E-state index contributed by atoms with van der Waals surface area (Å²) in [7, 11) is -1.82. The van der Waals surface area contributed by atoms with Gasteiger partial charge in [-0.2, -0.15) is 44.2 Å². The Hall–Kier alpha value is -0.870. The van der Waals surface area contributed by atoms with Gasteiger partial charge in [-0.1, -0.05) is 0 Å². The van der Waals surface area contributed by atoms with Crippen LogP contribution in [0.4, 0.5) is 43.9 Å². The first kappa shape index (κ1) is 28.1. The van der Waals surface area contributed by atoms with Crippen LogP contribution in [-0.2, 0) is 10.0 Å². The second-order valence-electron chi connectivity index (χ2n) is 6.94. The van der Waals surface area contributed by atoms with E-state index >= 15 is 0 Å². The third kappa shape index (κ3) is 9.21. The summed E-state index contributed by atoms with van der Waals surface area (Å²) < 4.78 is 152. The lowest BCUT2D eigenvalue weighted by Gasteiger charge is -2.33. The highest BCUT2D eigenvalue weighted by Gasteiger charge is 2.73. The third-order valence-corrected chi connectivity index (χ3v) is 5.25. The average Bonchev–Trinajstić information content (AvgIpc) is 2.43. The topological polar surface area (TPSA) is 66.4 Å². The molecule has 0 aliphatic carbocycles. The fraction of sp³-hybridized carbons (Fsp3) is 1.00. The van der Waals surface area contributed by atoms with E-state index < -0.39 is 63.4 Å². The molecule has 0 saturated carbocycles. The molecular formula is C13H21F10N2O3S+. The van der Waals surface area contributed by atoms with Crippen molar-refractivity contribution in [1.29, 1.82) is 0 Å². The van der Waals surface area contributed by atoms with E-state index in [1.54, 1.807) is 0 Å². The highest BCUT2D eigenvalue weighted by atomic mass is 32.2. The van der Waals surface area contributed by atoms with Crippen molar-refractivity contribution in [2.24, 2.45) is 5.92 Å². The molecule has 0 aromatic heterocycles. The van der Waals surface area contributed by atoms with E-state index in [1.165, 1.54) is 14.1 Å². The number of sulfonamides is 1. The number of hydroxylamine groups is 3. The van der Waals surface area contributed by atoms with Crippen LogP contribution in [0.2, 0.25) is 0 Å². The van der Waals surface area contributed by atoms with Gasteiger partial charge in [-0.25, -0.2) is 22.7 Å². The lowest BCUT2D eigenvalue weighted by molar-refractivity contribution is -1.07. The summed E-state index contributed by atoms with van der Waals surface area (Å²) in [6, 6.07) is 0. The van der Waals surface area contributed by atoms with E-state index in [9.17, 15) is 57.5 Å². The molecule has 0 amide bonds. The first-order valence-corrected chi connectivity index (χ1v) is 9.59.